The number of nitrogens with zero attached hydrogens (tertiary/aromatic N) is 1. The van der Waals surface area contributed by atoms with Crippen LogP contribution in [0.15, 0.2) is 127 Å². The molecule has 2 aliphatic rings. The van der Waals surface area contributed by atoms with Crippen LogP contribution >= 0.6 is 0 Å². The minimum atomic E-state index is -0.162. The van der Waals surface area contributed by atoms with E-state index in [0.717, 1.165) is 0 Å². The Morgan fingerprint density at radius 1 is 0.378 bits per heavy atom. The molecule has 0 amide bonds. The monoisotopic (exact) mass is 575 g/mol. The summed E-state index contributed by atoms with van der Waals surface area (Å²) in [5.41, 5.74) is 11.9. The molecule has 0 unspecified atom stereocenters. The molecule has 0 spiro atoms. The van der Waals surface area contributed by atoms with Gasteiger partial charge < -0.3 is 4.90 Å². The molecule has 0 N–H and O–H groups in total. The van der Waals surface area contributed by atoms with Gasteiger partial charge in [-0.3, -0.25) is 0 Å². The largest absolute Gasteiger partial charge is 0.309 e. The van der Waals surface area contributed by atoms with Crippen molar-refractivity contribution in [2.45, 2.75) is 38.5 Å². The van der Waals surface area contributed by atoms with Crippen molar-refractivity contribution in [1.82, 2.24) is 0 Å². The van der Waals surface area contributed by atoms with Gasteiger partial charge in [-0.05, 0) is 95.3 Å². The maximum Gasteiger partial charge on any atom is 0.0547 e. The second-order valence-electron chi connectivity index (χ2n) is 14.1. The van der Waals surface area contributed by atoms with Crippen LogP contribution in [0.5, 0.6) is 0 Å². The molecule has 0 aromatic heterocycles. The molecule has 0 saturated carbocycles. The van der Waals surface area contributed by atoms with E-state index in [-0.39, 0.29) is 10.8 Å². The molecule has 1 nitrogen and oxygen atoms in total. The number of benzene rings is 8. The molecule has 0 bridgehead atoms. The van der Waals surface area contributed by atoms with E-state index in [1.54, 1.807) is 0 Å². The van der Waals surface area contributed by atoms with E-state index < -0.39 is 0 Å². The van der Waals surface area contributed by atoms with Gasteiger partial charge in [0.15, 0.2) is 0 Å². The zero-order valence-corrected chi connectivity index (χ0v) is 26.1. The lowest BCUT2D eigenvalue weighted by atomic mass is 9.71. The Bertz CT molecular complexity index is 2540. The first-order valence-corrected chi connectivity index (χ1v) is 16.1. The maximum absolute atomic E-state index is 2.59. The highest BCUT2D eigenvalue weighted by molar-refractivity contribution is 6.35. The van der Waals surface area contributed by atoms with E-state index in [1.807, 2.05) is 0 Å². The first kappa shape index (κ1) is 25.2. The molecule has 0 atom stereocenters. The molecule has 0 radical (unpaired) electrons. The summed E-state index contributed by atoms with van der Waals surface area (Å²) in [7, 11) is 0. The predicted molar refractivity (Wildman–Crippen MR) is 192 cm³/mol. The molecular weight excluding hydrogens is 542 g/mol. The van der Waals surface area contributed by atoms with Gasteiger partial charge in [-0.2, -0.15) is 0 Å². The van der Waals surface area contributed by atoms with Crippen LogP contribution in [0.1, 0.15) is 49.9 Å². The van der Waals surface area contributed by atoms with Crippen LogP contribution in [-0.4, -0.2) is 0 Å². The van der Waals surface area contributed by atoms with Crippen molar-refractivity contribution in [3.05, 3.63) is 150 Å². The lowest BCUT2D eigenvalue weighted by Gasteiger charge is -2.43. The summed E-state index contributed by atoms with van der Waals surface area (Å²) >= 11 is 0. The summed E-state index contributed by atoms with van der Waals surface area (Å²) in [4.78, 5) is 2.59. The first-order valence-electron chi connectivity index (χ1n) is 16.1. The second kappa shape index (κ2) is 8.31. The van der Waals surface area contributed by atoms with Crippen molar-refractivity contribution in [1.29, 1.82) is 0 Å². The Balaban J connectivity index is 1.38. The van der Waals surface area contributed by atoms with E-state index in [4.69, 9.17) is 0 Å². The van der Waals surface area contributed by atoms with Crippen molar-refractivity contribution in [3.63, 3.8) is 0 Å². The van der Waals surface area contributed by atoms with Crippen LogP contribution in [0.2, 0.25) is 0 Å². The zero-order valence-electron chi connectivity index (χ0n) is 26.1. The zero-order chi connectivity index (χ0) is 30.2. The van der Waals surface area contributed by atoms with Crippen molar-refractivity contribution in [2.75, 3.05) is 4.90 Å². The molecule has 10 rings (SSSR count). The number of fused-ring (bicyclic) bond motifs is 7. The fourth-order valence-electron chi connectivity index (χ4n) is 8.98. The Morgan fingerprint density at radius 2 is 1.00 bits per heavy atom. The van der Waals surface area contributed by atoms with E-state index in [2.05, 4.69) is 160 Å². The summed E-state index contributed by atoms with van der Waals surface area (Å²) in [6.07, 6.45) is 0. The third kappa shape index (κ3) is 3.04. The fourth-order valence-corrected chi connectivity index (χ4v) is 8.98. The quantitative estimate of drug-likeness (QED) is 0.139. The Kier molecular flexibility index (Phi) is 4.66. The number of hydrogen-bond donors (Lipinski definition) is 0. The fraction of sp³-hybridized carbons (Fsp3) is 0.136. The molecular formula is C44H33N. The Hall–Kier alpha value is -5.14. The van der Waals surface area contributed by atoms with Crippen molar-refractivity contribution in [3.8, 4) is 11.1 Å². The Morgan fingerprint density at radius 3 is 1.78 bits per heavy atom. The van der Waals surface area contributed by atoms with Crippen LogP contribution in [0.25, 0.3) is 54.2 Å². The lowest BCUT2D eigenvalue weighted by Crippen LogP contribution is -2.31. The normalized spacial score (nSPS) is 15.9. The predicted octanol–water partition coefficient (Wildman–Crippen LogP) is 12.2. The lowest BCUT2D eigenvalue weighted by molar-refractivity contribution is 0.627. The van der Waals surface area contributed by atoms with Gasteiger partial charge in [0.05, 0.1) is 17.1 Å². The smallest absolute Gasteiger partial charge is 0.0547 e. The van der Waals surface area contributed by atoms with Crippen LogP contribution in [0.4, 0.5) is 17.1 Å². The highest BCUT2D eigenvalue weighted by Gasteiger charge is 2.42. The van der Waals surface area contributed by atoms with Gasteiger partial charge in [0, 0.05) is 16.2 Å². The van der Waals surface area contributed by atoms with Crippen molar-refractivity contribution >= 4 is 60.2 Å². The molecule has 1 aliphatic carbocycles. The highest BCUT2D eigenvalue weighted by Crippen LogP contribution is 2.58. The molecule has 8 aromatic carbocycles. The molecule has 1 aliphatic heterocycles. The molecule has 0 saturated heterocycles. The molecule has 1 heteroatoms. The highest BCUT2D eigenvalue weighted by atomic mass is 15.2. The van der Waals surface area contributed by atoms with Gasteiger partial charge in [-0.1, -0.05) is 131 Å². The number of anilines is 3. The van der Waals surface area contributed by atoms with Gasteiger partial charge in [0.2, 0.25) is 0 Å². The van der Waals surface area contributed by atoms with E-state index in [1.165, 1.54) is 93.5 Å². The second-order valence-corrected chi connectivity index (χ2v) is 14.1. The first-order chi connectivity index (χ1) is 21.9. The molecule has 1 heterocycles. The van der Waals surface area contributed by atoms with E-state index in [0.29, 0.717) is 0 Å². The topological polar surface area (TPSA) is 3.24 Å². The molecule has 214 valence electrons. The van der Waals surface area contributed by atoms with Crippen LogP contribution in [0, 0.1) is 0 Å². The van der Waals surface area contributed by atoms with Gasteiger partial charge in [-0.25, -0.2) is 0 Å². The SMILES string of the molecule is CC1(C)c2ccccc2-c2cc3c(cc21)N(c1ccc2cccc4c5cccc6cccc(c1c24)c65)c1ccccc1C3(C)C. The van der Waals surface area contributed by atoms with Gasteiger partial charge in [-0.15, -0.1) is 0 Å². The molecule has 45 heavy (non-hydrogen) atoms. The Labute approximate surface area is 263 Å². The average Bonchev–Trinajstić information content (AvgIpc) is 3.29. The molecule has 8 aromatic rings. The van der Waals surface area contributed by atoms with E-state index >= 15 is 0 Å². The van der Waals surface area contributed by atoms with Gasteiger partial charge in [0.1, 0.15) is 0 Å². The summed E-state index contributed by atoms with van der Waals surface area (Å²) in [5.74, 6) is 0. The van der Waals surface area contributed by atoms with Gasteiger partial charge >= 0.3 is 0 Å². The van der Waals surface area contributed by atoms with Crippen molar-refractivity contribution < 1.29 is 0 Å². The van der Waals surface area contributed by atoms with Gasteiger partial charge in [0.25, 0.3) is 0 Å². The minimum Gasteiger partial charge on any atom is -0.309 e. The van der Waals surface area contributed by atoms with Crippen LogP contribution in [0.3, 0.4) is 0 Å². The third-order valence-corrected chi connectivity index (χ3v) is 11.2. The van der Waals surface area contributed by atoms with Crippen LogP contribution in [-0.2, 0) is 10.8 Å². The minimum absolute atomic E-state index is 0.0803. The number of hydrogen-bond acceptors (Lipinski definition) is 1. The number of rotatable bonds is 1. The number of para-hydroxylation sites is 1. The molecule has 0 fully saturated rings. The summed E-state index contributed by atoms with van der Waals surface area (Å²) in [6, 6.07) is 48.2. The standard InChI is InChI=1S/C44H33N/c1-43(2)33-19-6-5-15-28(33)32-24-36-39(25-35(32)43)45(37-21-8-7-20-34(37)44(36,3)4)38-23-22-27-14-10-17-30-29-16-9-12-26-13-11-18-31(40(26)29)42(38)41(27)30/h5-25H,1-4H3. The summed E-state index contributed by atoms with van der Waals surface area (Å²) in [5, 5.41) is 10.6. The average molecular weight is 576 g/mol. The van der Waals surface area contributed by atoms with Crippen LogP contribution < -0.4 is 4.90 Å². The summed E-state index contributed by atoms with van der Waals surface area (Å²) < 4.78 is 0. The summed E-state index contributed by atoms with van der Waals surface area (Å²) in [6.45, 7) is 9.58. The maximum atomic E-state index is 2.59. The van der Waals surface area contributed by atoms with Crippen molar-refractivity contribution in [2.24, 2.45) is 0 Å². The third-order valence-electron chi connectivity index (χ3n) is 11.2. The van der Waals surface area contributed by atoms with E-state index in [9.17, 15) is 0 Å².